The zero-order valence-corrected chi connectivity index (χ0v) is 27.6. The van der Waals surface area contributed by atoms with E-state index in [1.807, 2.05) is 12.1 Å². The Balaban J connectivity index is 1.57. The van der Waals surface area contributed by atoms with Crippen LogP contribution in [-0.2, 0) is 11.2 Å². The van der Waals surface area contributed by atoms with Crippen LogP contribution in [0.15, 0.2) is 140 Å². The first-order valence-corrected chi connectivity index (χ1v) is 16.2. The van der Waals surface area contributed by atoms with Crippen molar-refractivity contribution in [3.63, 3.8) is 0 Å². The number of ether oxygens (including phenoxy) is 3. The molecule has 10 heteroatoms. The molecule has 5 atom stereocenters. The van der Waals surface area contributed by atoms with Gasteiger partial charge in [0.05, 0.1) is 13.7 Å². The minimum Gasteiger partial charge on any atom is -0.497 e. The molecule has 5 aromatic carbocycles. The summed E-state index contributed by atoms with van der Waals surface area (Å²) in [6, 6.07) is 35.5. The maximum Gasteiger partial charge on any atom is 0.240 e. The number of ketones is 3. The van der Waals surface area contributed by atoms with Crippen LogP contribution >= 0.6 is 0 Å². The molecule has 1 aliphatic rings. The van der Waals surface area contributed by atoms with E-state index < -0.39 is 53.2 Å². The Kier molecular flexibility index (Phi) is 9.97. The lowest BCUT2D eigenvalue weighted by Crippen LogP contribution is -2.87. The lowest BCUT2D eigenvalue weighted by Gasteiger charge is -2.57. The van der Waals surface area contributed by atoms with Crippen molar-refractivity contribution in [3.8, 4) is 11.5 Å². The fourth-order valence-corrected chi connectivity index (χ4v) is 6.52. The van der Waals surface area contributed by atoms with E-state index >= 15 is 0 Å². The summed E-state index contributed by atoms with van der Waals surface area (Å²) >= 11 is 0. The quantitative estimate of drug-likeness (QED) is 0.140. The zero-order chi connectivity index (χ0) is 36.2. The van der Waals surface area contributed by atoms with Crippen LogP contribution in [0.5, 0.6) is 11.5 Å². The maximum atomic E-state index is 14.8. The van der Waals surface area contributed by atoms with E-state index in [9.17, 15) is 34.8 Å². The molecule has 1 saturated heterocycles. The molecule has 0 saturated carbocycles. The molecule has 0 aliphatic carbocycles. The number of rotatable bonds is 12. The van der Waals surface area contributed by atoms with Crippen LogP contribution in [0, 0.1) is 0 Å². The van der Waals surface area contributed by atoms with Crippen molar-refractivity contribution in [2.75, 3.05) is 13.7 Å². The van der Waals surface area contributed by atoms with Crippen LogP contribution < -0.4 is 9.47 Å². The summed E-state index contributed by atoms with van der Waals surface area (Å²) in [5.74, 6) is -3.22. The Morgan fingerprint density at radius 2 is 1.10 bits per heavy atom. The summed E-state index contributed by atoms with van der Waals surface area (Å²) < 4.78 is 17.6. The van der Waals surface area contributed by atoms with E-state index in [4.69, 9.17) is 14.2 Å². The molecule has 260 valence electrons. The van der Waals surface area contributed by atoms with Gasteiger partial charge in [-0.1, -0.05) is 121 Å². The average Bonchev–Trinajstić information content (AvgIpc) is 3.19. The lowest BCUT2D eigenvalue weighted by molar-refractivity contribution is -0.341. The summed E-state index contributed by atoms with van der Waals surface area (Å²) in [7, 11) is 1.55. The van der Waals surface area contributed by atoms with Crippen molar-refractivity contribution in [2.45, 2.75) is 35.6 Å². The number of carbonyl (C=O) groups is 3. The van der Waals surface area contributed by atoms with Crippen molar-refractivity contribution >= 4 is 17.3 Å². The van der Waals surface area contributed by atoms with E-state index in [1.54, 1.807) is 55.6 Å². The number of Topliss-reactive ketones (excluding diaryl/α,β-unsaturated/α-hetero) is 3. The van der Waals surface area contributed by atoms with Gasteiger partial charge in [-0.15, -0.1) is 0 Å². The average molecular weight is 689 g/mol. The monoisotopic (exact) mass is 688 g/mol. The molecule has 1 fully saturated rings. The highest BCUT2D eigenvalue weighted by molar-refractivity contribution is 6.18. The number of aliphatic hydroxyl groups is 4. The summed E-state index contributed by atoms with van der Waals surface area (Å²) in [5.41, 5.74) is -9.92. The zero-order valence-electron chi connectivity index (χ0n) is 27.6. The van der Waals surface area contributed by atoms with E-state index in [2.05, 4.69) is 0 Å². The third kappa shape index (κ3) is 6.03. The first kappa shape index (κ1) is 35.3. The molecule has 4 N–H and O–H groups in total. The number of methoxy groups -OCH3 is 1. The molecule has 51 heavy (non-hydrogen) atoms. The molecule has 5 aromatic rings. The Morgan fingerprint density at radius 1 is 0.627 bits per heavy atom. The molecule has 10 nitrogen and oxygen atoms in total. The number of benzene rings is 5. The van der Waals surface area contributed by atoms with Crippen LogP contribution in [0.4, 0.5) is 0 Å². The van der Waals surface area contributed by atoms with Crippen LogP contribution in [0.2, 0.25) is 0 Å². The Bertz CT molecular complexity index is 2000. The standard InChI is InChI=1S/C41H36O10/c1-49-32-23-21-27(22-24-32)25-31-19-11-12-20-33(31)50-38-40(47,36(44)29-15-7-3-8-16-29)41(48,37(45)30-17-9-4-10-18-30)39(46,34(26-42)51-38)35(43)28-13-5-2-6-14-28/h2-24,34,38,42,46-48H,25-26H2,1H3/t34-,38-,39+,40+,41+/m1/s1. The normalized spacial score (nSPS) is 24.3. The second-order valence-corrected chi connectivity index (χ2v) is 12.2. The highest BCUT2D eigenvalue weighted by atomic mass is 16.7. The fraction of sp³-hybridized carbons (Fsp3) is 0.195. The smallest absolute Gasteiger partial charge is 0.240 e. The van der Waals surface area contributed by atoms with Crippen LogP contribution in [0.25, 0.3) is 0 Å². The van der Waals surface area contributed by atoms with Crippen molar-refractivity contribution in [1.82, 2.24) is 0 Å². The van der Waals surface area contributed by atoms with Gasteiger partial charge in [-0.3, -0.25) is 14.4 Å². The Morgan fingerprint density at radius 3 is 1.61 bits per heavy atom. The van der Waals surface area contributed by atoms with E-state index in [-0.39, 0.29) is 22.4 Å². The summed E-state index contributed by atoms with van der Waals surface area (Å²) in [4.78, 5) is 43.9. The highest BCUT2D eigenvalue weighted by Crippen LogP contribution is 2.50. The van der Waals surface area contributed by atoms with Crippen molar-refractivity contribution in [1.29, 1.82) is 0 Å². The van der Waals surface area contributed by atoms with Crippen molar-refractivity contribution in [2.24, 2.45) is 0 Å². The largest absolute Gasteiger partial charge is 0.497 e. The fourth-order valence-electron chi connectivity index (χ4n) is 6.52. The third-order valence-electron chi connectivity index (χ3n) is 9.25. The SMILES string of the molecule is COc1ccc(Cc2ccccc2O[C@@H]2O[C@H](CO)[C@](O)(C(=O)c3ccccc3)[C@@](O)(C(=O)c3ccccc3)[C@]2(O)C(=O)c2ccccc2)cc1. The van der Waals surface area contributed by atoms with Gasteiger partial charge in [-0.2, -0.15) is 0 Å². The molecule has 0 aromatic heterocycles. The van der Waals surface area contributed by atoms with Gasteiger partial charge in [0.25, 0.3) is 0 Å². The summed E-state index contributed by atoms with van der Waals surface area (Å²) in [6.45, 7) is -1.14. The summed E-state index contributed by atoms with van der Waals surface area (Å²) in [5, 5.41) is 49.3. The lowest BCUT2D eigenvalue weighted by atomic mass is 9.58. The minimum atomic E-state index is -3.72. The number of hydrogen-bond donors (Lipinski definition) is 4. The highest BCUT2D eigenvalue weighted by Gasteiger charge is 2.81. The Labute approximate surface area is 294 Å². The second-order valence-electron chi connectivity index (χ2n) is 12.2. The van der Waals surface area contributed by atoms with Gasteiger partial charge in [0, 0.05) is 23.1 Å². The predicted octanol–water partition coefficient (Wildman–Crippen LogP) is 4.22. The van der Waals surface area contributed by atoms with E-state index in [0.717, 1.165) is 5.56 Å². The molecule has 0 unspecified atom stereocenters. The van der Waals surface area contributed by atoms with E-state index in [1.165, 1.54) is 78.9 Å². The molecular weight excluding hydrogens is 652 g/mol. The van der Waals surface area contributed by atoms with Crippen LogP contribution in [0.1, 0.15) is 42.2 Å². The molecule has 0 amide bonds. The molecule has 0 radical (unpaired) electrons. The van der Waals surface area contributed by atoms with Gasteiger partial charge in [-0.05, 0) is 29.3 Å². The molecule has 1 heterocycles. The number of para-hydroxylation sites is 1. The molecule has 0 bridgehead atoms. The maximum absolute atomic E-state index is 14.8. The van der Waals surface area contributed by atoms with Crippen molar-refractivity contribution in [3.05, 3.63) is 167 Å². The topological polar surface area (TPSA) is 160 Å². The first-order chi connectivity index (χ1) is 24.6. The second kappa shape index (κ2) is 14.4. The van der Waals surface area contributed by atoms with Gasteiger partial charge >= 0.3 is 0 Å². The minimum absolute atomic E-state index is 0.0867. The molecular formula is C41H36O10. The Hall–Kier alpha value is -5.49. The van der Waals surface area contributed by atoms with E-state index in [0.29, 0.717) is 17.7 Å². The third-order valence-corrected chi connectivity index (χ3v) is 9.25. The first-order valence-electron chi connectivity index (χ1n) is 16.2. The van der Waals surface area contributed by atoms with Gasteiger partial charge in [0.1, 0.15) is 17.6 Å². The van der Waals surface area contributed by atoms with Gasteiger partial charge in [0.2, 0.25) is 34.8 Å². The van der Waals surface area contributed by atoms with Crippen molar-refractivity contribution < 1.29 is 49.0 Å². The molecule has 1 aliphatic heterocycles. The van der Waals surface area contributed by atoms with Crippen LogP contribution in [-0.4, -0.2) is 80.7 Å². The number of carbonyl (C=O) groups excluding carboxylic acids is 3. The summed E-state index contributed by atoms with van der Waals surface area (Å²) in [6.07, 6.45) is -4.06. The van der Waals surface area contributed by atoms with Gasteiger partial charge in [0.15, 0.2) is 5.60 Å². The van der Waals surface area contributed by atoms with Gasteiger partial charge in [-0.25, -0.2) is 0 Å². The molecule has 6 rings (SSSR count). The number of aliphatic hydroxyl groups excluding tert-OH is 1. The number of hydrogen-bond acceptors (Lipinski definition) is 10. The predicted molar refractivity (Wildman–Crippen MR) is 186 cm³/mol. The van der Waals surface area contributed by atoms with Crippen LogP contribution in [0.3, 0.4) is 0 Å². The molecule has 0 spiro atoms. The van der Waals surface area contributed by atoms with Gasteiger partial charge < -0.3 is 34.6 Å².